The Morgan fingerprint density at radius 2 is 0.992 bits per heavy atom. The van der Waals surface area contributed by atoms with Gasteiger partial charge < -0.3 is 121 Å². The van der Waals surface area contributed by atoms with Crippen LogP contribution in [0.15, 0.2) is 104 Å². The van der Waals surface area contributed by atoms with Gasteiger partial charge in [-0.1, -0.05) is 80.6 Å². The molecule has 43 nitrogen and oxygen atoms in total. The molecule has 17 amide bonds. The highest BCUT2D eigenvalue weighted by molar-refractivity contribution is 7.99. The summed E-state index contributed by atoms with van der Waals surface area (Å²) in [6, 6.07) is 4.23. The molecular weight excluding hydrogens is 1730 g/mol. The number of amides is 17. The summed E-state index contributed by atoms with van der Waals surface area (Å²) in [5.74, 6) is -19.7. The summed E-state index contributed by atoms with van der Waals surface area (Å²) in [7, 11) is 0. The number of thioether (sulfide) groups is 3. The molecule has 3 fully saturated rings. The number of hydrogen-bond donors (Lipinski definition) is 21. The third-order valence-corrected chi connectivity index (χ3v) is 24.2. The van der Waals surface area contributed by atoms with E-state index in [0.717, 1.165) is 42.2 Å². The van der Waals surface area contributed by atoms with Gasteiger partial charge in [-0.25, -0.2) is 4.98 Å². The fourth-order valence-electron chi connectivity index (χ4n) is 14.4. The van der Waals surface area contributed by atoms with Gasteiger partial charge in [0.25, 0.3) is 0 Å². The minimum Gasteiger partial charge on any atom is -0.481 e. The summed E-state index contributed by atoms with van der Waals surface area (Å²) >= 11 is 2.96. The summed E-state index contributed by atoms with van der Waals surface area (Å²) in [6.45, 7) is 2.55. The highest BCUT2D eigenvalue weighted by Gasteiger charge is 2.40. The van der Waals surface area contributed by atoms with E-state index in [1.54, 1.807) is 105 Å². The predicted octanol–water partition coefficient (Wildman–Crippen LogP) is -3.58. The van der Waals surface area contributed by atoms with E-state index in [1.807, 2.05) is 0 Å². The summed E-state index contributed by atoms with van der Waals surface area (Å²) in [4.78, 5) is 276. The Morgan fingerprint density at radius 1 is 0.519 bits per heavy atom. The first kappa shape index (κ1) is 99.5. The minimum atomic E-state index is -2.07. The van der Waals surface area contributed by atoms with E-state index in [1.165, 1.54) is 27.2 Å². The molecule has 3 aromatic heterocycles. The van der Waals surface area contributed by atoms with E-state index >= 15 is 24.0 Å². The number of primary amides is 2. The summed E-state index contributed by atoms with van der Waals surface area (Å²) in [5.41, 5.74) is 20.2. The highest BCUT2D eigenvalue weighted by atomic mass is 32.2. The van der Waals surface area contributed by atoms with Crippen LogP contribution in [0.5, 0.6) is 0 Å². The SMILES string of the molecule is CC(=O)N[C@H]1CSCCC(=O)N2CN3CN(C2)C(=O)CCSC[C@H](NC(=O)[C@H](CC(N)=O)NC(=O)[C@H](CCC(=O)O)NC(=O)[C@H](CC(C)C)NC(=O)[C@H](Cc2c[nH]c4ccccc24)NC(=O)[C@H](Cc2c[nH]cn2)NC1=O)C(=O)N[C@@H](Cc1c[nH]c2ccccc12)C(=O)N[C@@H](CCCNC(=N)N)C(=O)NCC(=O)N[C@@H](Cc1ccccc1)C(=O)N[C@H](C(N)=O)CSCCC3=O. The van der Waals surface area contributed by atoms with E-state index in [4.69, 9.17) is 22.6 Å². The Morgan fingerprint density at radius 3 is 1.53 bits per heavy atom. The van der Waals surface area contributed by atoms with Crippen LogP contribution in [-0.2, 0) is 112 Å². The van der Waals surface area contributed by atoms with Crippen LogP contribution < -0.4 is 86.3 Å². The molecule has 0 saturated carbocycles. The van der Waals surface area contributed by atoms with Crippen LogP contribution in [0.2, 0.25) is 0 Å². The molecule has 24 N–H and O–H groups in total. The Balaban J connectivity index is 1.12. The number of nitrogens with zero attached hydrogens (tertiary/aromatic N) is 4. The Kier molecular flexibility index (Phi) is 37.9. The number of aromatic nitrogens is 4. The molecule has 3 aliphatic heterocycles. The van der Waals surface area contributed by atoms with Crippen LogP contribution in [0.25, 0.3) is 21.8 Å². The third-order valence-electron chi connectivity index (χ3n) is 21.0. The molecule has 0 unspecified atom stereocenters. The normalized spacial score (nSPS) is 23.2. The maximum absolute atomic E-state index is 15.5. The van der Waals surface area contributed by atoms with Crippen molar-refractivity contribution in [1.82, 2.24) is 104 Å². The fourth-order valence-corrected chi connectivity index (χ4v) is 17.2. The molecule has 6 heterocycles. The molecule has 6 aromatic rings. The second-order valence-corrected chi connectivity index (χ2v) is 35.0. The predicted molar refractivity (Wildman–Crippen MR) is 476 cm³/mol. The van der Waals surface area contributed by atoms with Crippen molar-refractivity contribution in [3.8, 4) is 0 Å². The van der Waals surface area contributed by atoms with Crippen LogP contribution in [0.4, 0.5) is 0 Å². The van der Waals surface area contributed by atoms with Gasteiger partial charge in [-0.2, -0.15) is 35.3 Å². The van der Waals surface area contributed by atoms with Crippen molar-refractivity contribution >= 4 is 169 Å². The first-order valence-electron chi connectivity index (χ1n) is 41.8. The number of aromatic amines is 3. The van der Waals surface area contributed by atoms with E-state index in [9.17, 15) is 67.4 Å². The van der Waals surface area contributed by atoms with E-state index in [-0.39, 0.29) is 105 Å². The maximum atomic E-state index is 15.5. The number of aliphatic carboxylic acids is 1. The number of carbonyl (C=O) groups is 18. The molecule has 0 spiro atoms. The summed E-state index contributed by atoms with van der Waals surface area (Å²) in [6.07, 6.45) is 0.937. The number of fused-ring (bicyclic) bond motifs is 9. The van der Waals surface area contributed by atoms with E-state index in [2.05, 4.69) is 89.1 Å². The molecule has 11 atom stereocenters. The first-order valence-corrected chi connectivity index (χ1v) is 45.2. The molecule has 694 valence electrons. The average molecular weight is 1840 g/mol. The fraction of sp³-hybridized carbons (Fsp3) is 0.470. The monoisotopic (exact) mass is 1840 g/mol. The Labute approximate surface area is 753 Å². The van der Waals surface area contributed by atoms with Crippen molar-refractivity contribution in [1.29, 1.82) is 5.41 Å². The number of carbonyl (C=O) groups excluding carboxylic acids is 17. The molecule has 4 bridgehead atoms. The summed E-state index contributed by atoms with van der Waals surface area (Å²) in [5, 5.41) is 52.9. The number of guanidine groups is 1. The van der Waals surface area contributed by atoms with Crippen molar-refractivity contribution in [2.24, 2.45) is 23.1 Å². The van der Waals surface area contributed by atoms with Gasteiger partial charge in [0, 0.05) is 140 Å². The number of hydrogen-bond acceptors (Lipinski definition) is 23. The van der Waals surface area contributed by atoms with Gasteiger partial charge in [-0.05, 0) is 60.4 Å². The highest BCUT2D eigenvalue weighted by Crippen LogP contribution is 2.24. The second-order valence-electron chi connectivity index (χ2n) is 31.5. The molecule has 0 aliphatic carbocycles. The topological polar surface area (TPSA) is 656 Å². The van der Waals surface area contributed by atoms with Crippen LogP contribution in [0.1, 0.15) is 101 Å². The van der Waals surface area contributed by atoms with Gasteiger partial charge in [0.15, 0.2) is 5.96 Å². The molecular formula is C83H110N24O19S3. The van der Waals surface area contributed by atoms with E-state index in [0.29, 0.717) is 38.5 Å². The number of rotatable bonds is 21. The van der Waals surface area contributed by atoms with Gasteiger partial charge in [0.1, 0.15) is 66.5 Å². The maximum Gasteiger partial charge on any atom is 0.303 e. The van der Waals surface area contributed by atoms with Crippen LogP contribution >= 0.6 is 35.3 Å². The third kappa shape index (κ3) is 31.3. The van der Waals surface area contributed by atoms with Crippen molar-refractivity contribution < 1.29 is 91.4 Å². The minimum absolute atomic E-state index is 0.0167. The first-order chi connectivity index (χ1) is 61.6. The number of nitrogens with one attached hydrogen (secondary N) is 17. The zero-order chi connectivity index (χ0) is 93.4. The van der Waals surface area contributed by atoms with Crippen LogP contribution in [0, 0.1) is 11.3 Å². The number of carboxylic acid groups (broad SMARTS) is 1. The lowest BCUT2D eigenvalue weighted by Crippen LogP contribution is -2.61. The van der Waals surface area contributed by atoms with Gasteiger partial charge >= 0.3 is 5.97 Å². The zero-order valence-corrected chi connectivity index (χ0v) is 73.7. The van der Waals surface area contributed by atoms with Gasteiger partial charge in [-0.3, -0.25) is 91.7 Å². The van der Waals surface area contributed by atoms with Gasteiger partial charge in [0.2, 0.25) is 100 Å². The molecule has 129 heavy (non-hydrogen) atoms. The van der Waals surface area contributed by atoms with Gasteiger partial charge in [-0.15, -0.1) is 0 Å². The molecule has 9 rings (SSSR count). The number of nitrogens with two attached hydrogens (primary N) is 3. The lowest BCUT2D eigenvalue weighted by molar-refractivity contribution is -0.158. The number of H-pyrrole nitrogens is 3. The van der Waals surface area contributed by atoms with Crippen LogP contribution in [0.3, 0.4) is 0 Å². The average Bonchev–Trinajstić information content (AvgIpc) is 1.61. The van der Waals surface area contributed by atoms with Crippen molar-refractivity contribution in [3.05, 3.63) is 126 Å². The Bertz CT molecular complexity index is 5040. The quantitative estimate of drug-likeness (QED) is 0.0188. The standard InChI is InChI=1S/C83H110N24O19S3/c1-45(2)28-57-75(119)97-56(19-20-71(114)115)74(118)102-62(33-66(84)109)80(124)104-65-40-129-27-23-70(113)107-43-105(42-106(44-107)69(112)22-26-128-39-64(94-46(3)108)81(125)101-61(32-50-36-88-41-93-50)79(123)99-60(78(122)98-57)31-49-35-91-54-17-10-8-15-52(49)54)68(111)21-25-127-38-63(72(85)116)103-76(120)58(29-47-12-5-4-6-13-47)95-67(110)37-92-73(117)55(18-11-24-89-83(86)87)96-77(121)59(100-82(65)126)30-48-34-90-53-16-9-7-14-51(48)53/h4-10,12-17,34-36,41,45,55-65,90-91H,11,18-33,37-40,42-44H2,1-3H3,(H2,84,109)(H2,85,116)(H,88,93)(H,92,117)(H,94,108)(H,95,110)(H,96,121)(H,97,119)(H,98,122)(H,99,123)(H,100,126)(H,101,125)(H,102,118)(H,103,120)(H,104,124)(H,114,115)(H4,86,87,89)/t55-,56-,57-,58-,59-,60-,61-,62-,63-,64-,65-/m0/s1. The molecule has 0 radical (unpaired) electrons. The second kappa shape index (κ2) is 49.2. The molecule has 3 aliphatic rings. The number of imidazole rings is 1. The van der Waals surface area contributed by atoms with Crippen LogP contribution in [-0.4, -0.2) is 286 Å². The lowest BCUT2D eigenvalue weighted by atomic mass is 9.99. The largest absolute Gasteiger partial charge is 0.481 e. The Hall–Kier alpha value is -13.3. The van der Waals surface area contributed by atoms with Crippen molar-refractivity contribution in [2.45, 2.75) is 171 Å². The molecule has 3 aromatic carbocycles. The van der Waals surface area contributed by atoms with Gasteiger partial charge in [0.05, 0.1) is 45.0 Å². The lowest BCUT2D eigenvalue weighted by Gasteiger charge is -2.42. The smallest absolute Gasteiger partial charge is 0.303 e. The molecule has 3 saturated heterocycles. The number of para-hydroxylation sites is 2. The summed E-state index contributed by atoms with van der Waals surface area (Å²) < 4.78 is 0. The van der Waals surface area contributed by atoms with Crippen molar-refractivity contribution in [2.75, 3.05) is 67.6 Å². The van der Waals surface area contributed by atoms with E-state index < -0.39 is 236 Å². The molecule has 46 heteroatoms. The van der Waals surface area contributed by atoms with Crippen molar-refractivity contribution in [3.63, 3.8) is 0 Å². The number of carboxylic acids is 1. The zero-order valence-electron chi connectivity index (χ0n) is 71.3. The number of benzene rings is 3.